The first-order chi connectivity index (χ1) is 12.7. The maximum atomic E-state index is 12.3. The van der Waals surface area contributed by atoms with Crippen molar-refractivity contribution in [1.82, 2.24) is 24.7 Å². The van der Waals surface area contributed by atoms with Gasteiger partial charge in [0.2, 0.25) is 5.95 Å². The lowest BCUT2D eigenvalue weighted by Gasteiger charge is -2.23. The topological polar surface area (TPSA) is 76.4 Å². The van der Waals surface area contributed by atoms with E-state index in [1.807, 2.05) is 0 Å². The zero-order valence-electron chi connectivity index (χ0n) is 13.9. The molecule has 1 atom stereocenters. The molecule has 0 spiro atoms. The lowest BCUT2D eigenvalue weighted by Crippen LogP contribution is -2.38. The van der Waals surface area contributed by atoms with Crippen LogP contribution in [0.25, 0.3) is 17.0 Å². The Morgan fingerprint density at radius 2 is 2.23 bits per heavy atom. The summed E-state index contributed by atoms with van der Waals surface area (Å²) in [5.74, 6) is 0.628. The molecule has 0 radical (unpaired) electrons. The van der Waals surface area contributed by atoms with Gasteiger partial charge in [-0.2, -0.15) is 8.78 Å². The lowest BCUT2D eigenvalue weighted by atomic mass is 10.1. The fourth-order valence-electron chi connectivity index (χ4n) is 3.06. The molecule has 3 aromatic heterocycles. The van der Waals surface area contributed by atoms with Crippen LogP contribution in [0.3, 0.4) is 0 Å². The second-order valence-electron chi connectivity index (χ2n) is 6.07. The molecule has 1 saturated heterocycles. The van der Waals surface area contributed by atoms with Crippen LogP contribution in [-0.2, 0) is 0 Å². The molecule has 1 aliphatic rings. The molecule has 9 heteroatoms. The SMILES string of the molecule is FC(F)Oc1ccn2c(-c3ccnc(N[C@@H]4CCCNC4)n3)cnc2c1. The second-order valence-corrected chi connectivity index (χ2v) is 6.07. The molecule has 3 aromatic rings. The van der Waals surface area contributed by atoms with Crippen LogP contribution < -0.4 is 15.4 Å². The van der Waals surface area contributed by atoms with Gasteiger partial charge in [-0.1, -0.05) is 0 Å². The largest absolute Gasteiger partial charge is 0.435 e. The molecule has 7 nitrogen and oxygen atoms in total. The van der Waals surface area contributed by atoms with Crippen molar-refractivity contribution in [2.24, 2.45) is 0 Å². The van der Waals surface area contributed by atoms with Crippen LogP contribution in [0.2, 0.25) is 0 Å². The molecule has 136 valence electrons. The number of piperidine rings is 1. The summed E-state index contributed by atoms with van der Waals surface area (Å²) in [4.78, 5) is 13.1. The average molecular weight is 360 g/mol. The molecule has 0 saturated carbocycles. The first-order valence-corrected chi connectivity index (χ1v) is 8.41. The predicted molar refractivity (Wildman–Crippen MR) is 92.4 cm³/mol. The summed E-state index contributed by atoms with van der Waals surface area (Å²) in [6.45, 7) is -0.939. The molecule has 4 rings (SSSR count). The quantitative estimate of drug-likeness (QED) is 0.728. The van der Waals surface area contributed by atoms with Crippen molar-refractivity contribution in [2.45, 2.75) is 25.5 Å². The van der Waals surface area contributed by atoms with E-state index in [-0.39, 0.29) is 5.75 Å². The number of hydrogen-bond acceptors (Lipinski definition) is 6. The van der Waals surface area contributed by atoms with Gasteiger partial charge < -0.3 is 15.4 Å². The van der Waals surface area contributed by atoms with E-state index in [4.69, 9.17) is 0 Å². The lowest BCUT2D eigenvalue weighted by molar-refractivity contribution is -0.0498. The van der Waals surface area contributed by atoms with Gasteiger partial charge in [-0.3, -0.25) is 4.40 Å². The van der Waals surface area contributed by atoms with E-state index in [1.165, 1.54) is 12.1 Å². The van der Waals surface area contributed by atoms with Crippen molar-refractivity contribution >= 4 is 11.6 Å². The first kappa shape index (κ1) is 16.6. The van der Waals surface area contributed by atoms with Crippen molar-refractivity contribution in [2.75, 3.05) is 18.4 Å². The summed E-state index contributed by atoms with van der Waals surface area (Å²) in [6.07, 6.45) is 7.16. The van der Waals surface area contributed by atoms with E-state index in [9.17, 15) is 8.78 Å². The second kappa shape index (κ2) is 7.20. The van der Waals surface area contributed by atoms with E-state index in [1.54, 1.807) is 29.1 Å². The third kappa shape index (κ3) is 3.57. The number of halogens is 2. The van der Waals surface area contributed by atoms with Gasteiger partial charge in [-0.15, -0.1) is 0 Å². The molecule has 0 bridgehead atoms. The molecular weight excluding hydrogens is 342 g/mol. The van der Waals surface area contributed by atoms with Gasteiger partial charge in [0.25, 0.3) is 0 Å². The van der Waals surface area contributed by atoms with Crippen LogP contribution in [0.5, 0.6) is 5.75 Å². The normalized spacial score (nSPS) is 17.6. The van der Waals surface area contributed by atoms with Crippen molar-refractivity contribution < 1.29 is 13.5 Å². The number of fused-ring (bicyclic) bond motifs is 1. The first-order valence-electron chi connectivity index (χ1n) is 8.41. The summed E-state index contributed by atoms with van der Waals surface area (Å²) in [6, 6.07) is 5.02. The smallest absolute Gasteiger partial charge is 0.387 e. The highest BCUT2D eigenvalue weighted by molar-refractivity contribution is 5.61. The Hall–Kier alpha value is -2.81. The predicted octanol–water partition coefficient (Wildman–Crippen LogP) is 2.56. The van der Waals surface area contributed by atoms with Crippen LogP contribution in [-0.4, -0.2) is 45.1 Å². The molecular formula is C17H18F2N6O. The number of aromatic nitrogens is 4. The van der Waals surface area contributed by atoms with Gasteiger partial charge in [0, 0.05) is 31.0 Å². The maximum Gasteiger partial charge on any atom is 0.387 e. The number of ether oxygens (including phenoxy) is 1. The number of rotatable bonds is 5. The van der Waals surface area contributed by atoms with Crippen molar-refractivity contribution in [1.29, 1.82) is 0 Å². The van der Waals surface area contributed by atoms with Gasteiger partial charge in [-0.25, -0.2) is 15.0 Å². The fraction of sp³-hybridized carbons (Fsp3) is 0.353. The Kier molecular flexibility index (Phi) is 4.61. The van der Waals surface area contributed by atoms with Crippen LogP contribution in [0.15, 0.2) is 36.8 Å². The molecule has 2 N–H and O–H groups in total. The number of hydrogen-bond donors (Lipinski definition) is 2. The van der Waals surface area contributed by atoms with Crippen LogP contribution in [0.1, 0.15) is 12.8 Å². The van der Waals surface area contributed by atoms with E-state index in [0.717, 1.165) is 31.6 Å². The standard InChI is InChI=1S/C17H18F2N6O/c18-16(19)26-12-4-7-25-14(10-22-15(25)8-12)13-3-6-21-17(24-13)23-11-2-1-5-20-9-11/h3-4,6-8,10-11,16,20H,1-2,5,9H2,(H,21,23,24)/t11-/m1/s1. The Labute approximate surface area is 148 Å². The number of anilines is 1. The summed E-state index contributed by atoms with van der Waals surface area (Å²) in [7, 11) is 0. The van der Waals surface area contributed by atoms with E-state index >= 15 is 0 Å². The highest BCUT2D eigenvalue weighted by Crippen LogP contribution is 2.23. The Balaban J connectivity index is 1.59. The zero-order chi connectivity index (χ0) is 17.9. The minimum Gasteiger partial charge on any atom is -0.435 e. The summed E-state index contributed by atoms with van der Waals surface area (Å²) in [5.41, 5.74) is 1.94. The average Bonchev–Trinajstić information content (AvgIpc) is 3.05. The number of imidazole rings is 1. The molecule has 4 heterocycles. The molecule has 1 fully saturated rings. The van der Waals surface area contributed by atoms with Gasteiger partial charge in [0.1, 0.15) is 11.4 Å². The highest BCUT2D eigenvalue weighted by atomic mass is 19.3. The minimum atomic E-state index is -2.86. The third-order valence-corrected chi connectivity index (χ3v) is 4.26. The highest BCUT2D eigenvalue weighted by Gasteiger charge is 2.15. The van der Waals surface area contributed by atoms with Gasteiger partial charge in [-0.05, 0) is 31.5 Å². The molecule has 26 heavy (non-hydrogen) atoms. The zero-order valence-corrected chi connectivity index (χ0v) is 13.9. The van der Waals surface area contributed by atoms with Crippen molar-refractivity contribution in [3.8, 4) is 17.1 Å². The molecule has 1 aliphatic heterocycles. The number of nitrogens with one attached hydrogen (secondary N) is 2. The van der Waals surface area contributed by atoms with E-state index < -0.39 is 6.61 Å². The molecule has 0 unspecified atom stereocenters. The Morgan fingerprint density at radius 1 is 1.31 bits per heavy atom. The third-order valence-electron chi connectivity index (χ3n) is 4.26. The summed E-state index contributed by atoms with van der Waals surface area (Å²) >= 11 is 0. The summed E-state index contributed by atoms with van der Waals surface area (Å²) < 4.78 is 30.9. The van der Waals surface area contributed by atoms with Crippen molar-refractivity contribution in [3.05, 3.63) is 36.8 Å². The van der Waals surface area contributed by atoms with Gasteiger partial charge >= 0.3 is 6.61 Å². The monoisotopic (exact) mass is 360 g/mol. The van der Waals surface area contributed by atoms with Gasteiger partial charge in [0.15, 0.2) is 0 Å². The summed E-state index contributed by atoms with van der Waals surface area (Å²) in [5, 5.41) is 6.69. The van der Waals surface area contributed by atoms with E-state index in [0.29, 0.717) is 23.3 Å². The maximum absolute atomic E-state index is 12.3. The minimum absolute atomic E-state index is 0.0690. The molecule has 0 aromatic carbocycles. The Bertz CT molecular complexity index is 894. The Morgan fingerprint density at radius 3 is 3.04 bits per heavy atom. The van der Waals surface area contributed by atoms with Crippen LogP contribution in [0, 0.1) is 0 Å². The number of pyridine rings is 1. The fourth-order valence-corrected chi connectivity index (χ4v) is 3.06. The number of alkyl halides is 2. The van der Waals surface area contributed by atoms with E-state index in [2.05, 4.69) is 30.3 Å². The van der Waals surface area contributed by atoms with Gasteiger partial charge in [0.05, 0.1) is 17.6 Å². The molecule has 0 amide bonds. The van der Waals surface area contributed by atoms with Crippen LogP contribution >= 0.6 is 0 Å². The molecule has 0 aliphatic carbocycles. The van der Waals surface area contributed by atoms with Crippen LogP contribution in [0.4, 0.5) is 14.7 Å². The van der Waals surface area contributed by atoms with Crippen molar-refractivity contribution in [3.63, 3.8) is 0 Å². The number of nitrogens with zero attached hydrogens (tertiary/aromatic N) is 4.